The van der Waals surface area contributed by atoms with Gasteiger partial charge in [-0.3, -0.25) is 19.1 Å². The first-order valence-electron chi connectivity index (χ1n) is 18.3. The van der Waals surface area contributed by atoms with Gasteiger partial charge >= 0.3 is 11.7 Å². The van der Waals surface area contributed by atoms with Crippen LogP contribution in [0.1, 0.15) is 43.7 Å². The molecule has 286 valence electrons. The molecule has 2 saturated heterocycles. The number of nitrogens with two attached hydrogens (primary N) is 1. The SMILES string of the molecule is NCCCC[C@H](NC(=O)[C@@H](Cc1cc(Br)c(O)c(Br)c1)NC(=O)N1CCC(n2cc3ccccc3nc2=O)CC1)C(=O)N1CCN(c2ccncc2)CC1. The largest absolute Gasteiger partial charge is 0.506 e. The highest BCUT2D eigenvalue weighted by atomic mass is 79.9. The Morgan fingerprint density at radius 3 is 2.26 bits per heavy atom. The van der Waals surface area contributed by atoms with Crippen molar-refractivity contribution >= 4 is 66.3 Å². The number of halogens is 2. The van der Waals surface area contributed by atoms with E-state index in [0.717, 1.165) is 11.1 Å². The third-order valence-corrected chi connectivity index (χ3v) is 11.3. The molecule has 0 unspecified atom stereocenters. The van der Waals surface area contributed by atoms with Crippen molar-refractivity contribution in [3.63, 3.8) is 0 Å². The normalized spacial score (nSPS) is 16.2. The van der Waals surface area contributed by atoms with Gasteiger partial charge in [-0.25, -0.2) is 9.59 Å². The summed E-state index contributed by atoms with van der Waals surface area (Å²) >= 11 is 6.73. The lowest BCUT2D eigenvalue weighted by molar-refractivity contribution is -0.137. The van der Waals surface area contributed by atoms with Crippen LogP contribution in [0.5, 0.6) is 5.75 Å². The second-order valence-electron chi connectivity index (χ2n) is 13.7. The molecule has 0 radical (unpaired) electrons. The lowest BCUT2D eigenvalue weighted by Crippen LogP contribution is -2.59. The Balaban J connectivity index is 1.15. The Bertz CT molecular complexity index is 1980. The number of carbonyl (C=O) groups is 3. The van der Waals surface area contributed by atoms with Gasteiger partial charge in [0.05, 0.1) is 14.5 Å². The summed E-state index contributed by atoms with van der Waals surface area (Å²) in [6, 6.07) is 12.3. The highest BCUT2D eigenvalue weighted by Gasteiger charge is 2.33. The predicted octanol–water partition coefficient (Wildman–Crippen LogP) is 3.94. The van der Waals surface area contributed by atoms with Crippen LogP contribution in [-0.4, -0.2) is 105 Å². The van der Waals surface area contributed by atoms with E-state index in [1.165, 1.54) is 0 Å². The maximum absolute atomic E-state index is 14.2. The van der Waals surface area contributed by atoms with Crippen LogP contribution in [0.2, 0.25) is 0 Å². The number of pyridine rings is 1. The maximum atomic E-state index is 14.2. The van der Waals surface area contributed by atoms with Gasteiger partial charge < -0.3 is 36.2 Å². The van der Waals surface area contributed by atoms with E-state index in [1.807, 2.05) is 36.5 Å². The summed E-state index contributed by atoms with van der Waals surface area (Å²) in [6.07, 6.45) is 8.22. The van der Waals surface area contributed by atoms with Crippen molar-refractivity contribution < 1.29 is 19.5 Å². The summed E-state index contributed by atoms with van der Waals surface area (Å²) in [6.45, 7) is 3.48. The average Bonchev–Trinajstić information content (AvgIpc) is 3.19. The van der Waals surface area contributed by atoms with Gasteiger partial charge in [0.15, 0.2) is 0 Å². The minimum atomic E-state index is -1.04. The van der Waals surface area contributed by atoms with Gasteiger partial charge in [-0.15, -0.1) is 0 Å². The summed E-state index contributed by atoms with van der Waals surface area (Å²) in [5.74, 6) is -0.647. The second kappa shape index (κ2) is 18.2. The lowest BCUT2D eigenvalue weighted by atomic mass is 10.0. The minimum absolute atomic E-state index is 0.0157. The van der Waals surface area contributed by atoms with E-state index in [-0.39, 0.29) is 29.8 Å². The molecule has 4 heterocycles. The number of benzene rings is 2. The standard InChI is InChI=1S/C38H45Br2N9O5/c39-29-21-25(22-30(40)34(29)50)23-33(45-37(53)48-15-10-28(11-16-48)49-24-26-5-1-2-6-31(26)44-38(49)54)35(51)43-32(7-3-4-12-41)36(52)47-19-17-46(18-20-47)27-8-13-42-14-9-27/h1-2,5-6,8-9,13-14,21-22,24,28,32-33,50H,3-4,7,10-12,15-20,23,41H2,(H,43,51)(H,45,53)/t32-,33+/m0/s1. The number of para-hydroxylation sites is 1. The molecule has 2 aliphatic rings. The molecule has 2 atom stereocenters. The summed E-state index contributed by atoms with van der Waals surface area (Å²) < 4.78 is 2.51. The molecule has 6 rings (SSSR count). The van der Waals surface area contributed by atoms with E-state index >= 15 is 0 Å². The van der Waals surface area contributed by atoms with Gasteiger partial charge in [0.2, 0.25) is 11.8 Å². The number of rotatable bonds is 12. The van der Waals surface area contributed by atoms with Crippen LogP contribution in [0, 0.1) is 0 Å². The van der Waals surface area contributed by atoms with Crippen LogP contribution in [0.3, 0.4) is 0 Å². The van der Waals surface area contributed by atoms with Gasteiger partial charge in [-0.05, 0) is 106 Å². The van der Waals surface area contributed by atoms with Crippen molar-refractivity contribution in [1.29, 1.82) is 0 Å². The Kier molecular flexibility index (Phi) is 13.2. The summed E-state index contributed by atoms with van der Waals surface area (Å²) in [7, 11) is 0. The topological polar surface area (TPSA) is 179 Å². The number of amides is 4. The number of hydrogen-bond donors (Lipinski definition) is 4. The maximum Gasteiger partial charge on any atom is 0.348 e. The molecule has 16 heteroatoms. The molecule has 2 aliphatic heterocycles. The molecule has 0 saturated carbocycles. The molecular formula is C38H45Br2N9O5. The number of carbonyl (C=O) groups excluding carboxylic acids is 3. The summed E-state index contributed by atoms with van der Waals surface area (Å²) in [4.78, 5) is 68.8. The van der Waals surface area contributed by atoms with E-state index in [4.69, 9.17) is 5.73 Å². The Hall–Kier alpha value is -4.54. The molecule has 2 fully saturated rings. The lowest BCUT2D eigenvalue weighted by Gasteiger charge is -2.38. The third kappa shape index (κ3) is 9.57. The first-order chi connectivity index (χ1) is 26.1. The Morgan fingerprint density at radius 1 is 0.889 bits per heavy atom. The number of piperazine rings is 1. The predicted molar refractivity (Wildman–Crippen MR) is 213 cm³/mol. The number of anilines is 1. The number of hydrogen-bond acceptors (Lipinski definition) is 9. The number of piperidine rings is 1. The summed E-state index contributed by atoms with van der Waals surface area (Å²) in [5, 5.41) is 17.1. The highest BCUT2D eigenvalue weighted by Crippen LogP contribution is 2.34. The molecular weight excluding hydrogens is 822 g/mol. The number of unbranched alkanes of at least 4 members (excludes halogenated alkanes) is 1. The number of phenolic OH excluding ortho intramolecular Hbond substituents is 1. The zero-order valence-corrected chi connectivity index (χ0v) is 33.0. The van der Waals surface area contributed by atoms with Crippen LogP contribution >= 0.6 is 31.9 Å². The minimum Gasteiger partial charge on any atom is -0.506 e. The van der Waals surface area contributed by atoms with Crippen molar-refractivity contribution in [2.24, 2.45) is 5.73 Å². The zero-order chi connectivity index (χ0) is 38.2. The molecule has 0 aliphatic carbocycles. The van der Waals surface area contributed by atoms with Crippen LogP contribution in [0.25, 0.3) is 10.9 Å². The van der Waals surface area contributed by atoms with Gasteiger partial charge in [-0.1, -0.05) is 18.2 Å². The van der Waals surface area contributed by atoms with E-state index in [0.29, 0.717) is 97.9 Å². The number of nitrogens with one attached hydrogen (secondary N) is 2. The van der Waals surface area contributed by atoms with Gasteiger partial charge in [0.1, 0.15) is 17.8 Å². The second-order valence-corrected chi connectivity index (χ2v) is 15.4. The number of likely N-dealkylation sites (tertiary alicyclic amines) is 1. The third-order valence-electron chi connectivity index (χ3n) is 10.1. The molecule has 54 heavy (non-hydrogen) atoms. The van der Waals surface area contributed by atoms with E-state index in [1.54, 1.807) is 45.0 Å². The van der Waals surface area contributed by atoms with Crippen LogP contribution in [-0.2, 0) is 16.0 Å². The van der Waals surface area contributed by atoms with Crippen LogP contribution in [0.15, 0.2) is 80.9 Å². The van der Waals surface area contributed by atoms with Crippen molar-refractivity contribution in [2.45, 2.75) is 56.7 Å². The molecule has 4 amide bonds. The zero-order valence-electron chi connectivity index (χ0n) is 29.9. The van der Waals surface area contributed by atoms with E-state index in [9.17, 15) is 24.3 Å². The monoisotopic (exact) mass is 865 g/mol. The molecule has 5 N–H and O–H groups in total. The first kappa shape index (κ1) is 39.2. The smallest absolute Gasteiger partial charge is 0.348 e. The number of fused-ring (bicyclic) bond motifs is 1. The number of nitrogens with zero attached hydrogens (tertiary/aromatic N) is 6. The van der Waals surface area contributed by atoms with Gasteiger partial charge in [0, 0.05) is 81.4 Å². The highest BCUT2D eigenvalue weighted by molar-refractivity contribution is 9.11. The van der Waals surface area contributed by atoms with Crippen LogP contribution < -0.4 is 27.0 Å². The molecule has 2 aromatic heterocycles. The van der Waals surface area contributed by atoms with Crippen molar-refractivity contribution in [2.75, 3.05) is 50.7 Å². The molecule has 2 aromatic carbocycles. The number of phenols is 1. The average molecular weight is 868 g/mol. The quantitative estimate of drug-likeness (QED) is 0.154. The number of urea groups is 1. The number of aromatic hydroxyl groups is 1. The van der Waals surface area contributed by atoms with Gasteiger partial charge in [-0.2, -0.15) is 4.98 Å². The summed E-state index contributed by atoms with van der Waals surface area (Å²) in [5.41, 5.74) is 7.81. The number of aromatic nitrogens is 3. The Labute approximate surface area is 330 Å². The van der Waals surface area contributed by atoms with Crippen molar-refractivity contribution in [3.8, 4) is 5.75 Å². The molecule has 14 nitrogen and oxygen atoms in total. The first-order valence-corrected chi connectivity index (χ1v) is 19.8. The fourth-order valence-corrected chi connectivity index (χ4v) is 8.36. The molecule has 0 spiro atoms. The molecule has 0 bridgehead atoms. The van der Waals surface area contributed by atoms with Crippen molar-refractivity contribution in [3.05, 3.63) is 92.1 Å². The Morgan fingerprint density at radius 2 is 1.57 bits per heavy atom. The fraction of sp³-hybridized carbons (Fsp3) is 0.421. The van der Waals surface area contributed by atoms with E-state index < -0.39 is 24.0 Å². The van der Waals surface area contributed by atoms with Gasteiger partial charge in [0.25, 0.3) is 0 Å². The fourth-order valence-electron chi connectivity index (χ4n) is 7.08. The van der Waals surface area contributed by atoms with Crippen molar-refractivity contribution in [1.82, 2.24) is 35.0 Å². The van der Waals surface area contributed by atoms with Crippen LogP contribution in [0.4, 0.5) is 10.5 Å². The van der Waals surface area contributed by atoms with E-state index in [2.05, 4.69) is 57.4 Å². The molecule has 4 aromatic rings.